The molecule has 17 heavy (non-hydrogen) atoms. The smallest absolute Gasteiger partial charge is 0.0450 e. The molecule has 1 fully saturated rings. The fraction of sp³-hybridized carbons (Fsp3) is 1.00. The number of nitrogens with two attached hydrogens (primary N) is 1. The lowest BCUT2D eigenvalue weighted by Crippen LogP contribution is -2.63. The molecule has 0 spiro atoms. The molecule has 1 saturated heterocycles. The Bertz CT molecular complexity index is 230. The molecule has 0 aromatic rings. The summed E-state index contributed by atoms with van der Waals surface area (Å²) in [6.07, 6.45) is 2.58. The Morgan fingerprint density at radius 2 is 2.00 bits per heavy atom. The molecular weight excluding hydrogens is 228 g/mol. The summed E-state index contributed by atoms with van der Waals surface area (Å²) in [6.45, 7) is 13.6. The number of hydrogen-bond acceptors (Lipinski definition) is 3. The Balaban J connectivity index is 2.92. The van der Waals surface area contributed by atoms with E-state index in [4.69, 9.17) is 5.73 Å². The van der Waals surface area contributed by atoms with Crippen LogP contribution < -0.4 is 5.73 Å². The van der Waals surface area contributed by atoms with Crippen molar-refractivity contribution < 1.29 is 0 Å². The van der Waals surface area contributed by atoms with Gasteiger partial charge in [0.25, 0.3) is 0 Å². The van der Waals surface area contributed by atoms with Crippen molar-refractivity contribution in [3.63, 3.8) is 0 Å². The van der Waals surface area contributed by atoms with Crippen LogP contribution in [-0.4, -0.2) is 40.6 Å². The topological polar surface area (TPSA) is 29.3 Å². The molecule has 1 aliphatic rings. The van der Waals surface area contributed by atoms with Crippen LogP contribution in [0.5, 0.6) is 0 Å². The molecule has 0 aromatic carbocycles. The van der Waals surface area contributed by atoms with E-state index in [0.717, 1.165) is 6.54 Å². The third-order valence-electron chi connectivity index (χ3n) is 3.99. The normalized spacial score (nSPS) is 30.5. The summed E-state index contributed by atoms with van der Waals surface area (Å²) in [5.41, 5.74) is 6.41. The van der Waals surface area contributed by atoms with Crippen LogP contribution in [0, 0.1) is 5.92 Å². The average molecular weight is 258 g/mol. The van der Waals surface area contributed by atoms with Gasteiger partial charge >= 0.3 is 0 Å². The van der Waals surface area contributed by atoms with Crippen LogP contribution in [0.15, 0.2) is 0 Å². The van der Waals surface area contributed by atoms with Gasteiger partial charge in [-0.15, -0.1) is 0 Å². The van der Waals surface area contributed by atoms with E-state index in [1.54, 1.807) is 0 Å². The van der Waals surface area contributed by atoms with Gasteiger partial charge in [0.1, 0.15) is 0 Å². The first-order valence-electron chi connectivity index (χ1n) is 7.02. The van der Waals surface area contributed by atoms with Gasteiger partial charge in [-0.25, -0.2) is 0 Å². The van der Waals surface area contributed by atoms with Gasteiger partial charge < -0.3 is 5.73 Å². The highest BCUT2D eigenvalue weighted by Crippen LogP contribution is 2.39. The fourth-order valence-corrected chi connectivity index (χ4v) is 4.38. The molecule has 0 aliphatic carbocycles. The molecule has 0 amide bonds. The molecule has 1 rings (SSSR count). The molecule has 0 aromatic heterocycles. The summed E-state index contributed by atoms with van der Waals surface area (Å²) in [7, 11) is 0. The molecule has 3 heteroatoms. The SMILES string of the molecule is CC(C)CN(C(C)C)C1(CN)CCCSC1C. The Morgan fingerprint density at radius 1 is 1.35 bits per heavy atom. The van der Waals surface area contributed by atoms with Crippen LogP contribution in [0.4, 0.5) is 0 Å². The molecule has 0 bridgehead atoms. The van der Waals surface area contributed by atoms with E-state index < -0.39 is 0 Å². The molecule has 0 saturated carbocycles. The second-order valence-corrected chi connectivity index (χ2v) is 7.51. The van der Waals surface area contributed by atoms with Crippen molar-refractivity contribution in [2.75, 3.05) is 18.8 Å². The standard InChI is InChI=1S/C14H30N2S/c1-11(2)9-16(12(3)4)14(10-15)7-6-8-17-13(14)5/h11-13H,6-10,15H2,1-5H3. The lowest BCUT2D eigenvalue weighted by atomic mass is 9.85. The van der Waals surface area contributed by atoms with Crippen molar-refractivity contribution in [2.24, 2.45) is 11.7 Å². The van der Waals surface area contributed by atoms with Gasteiger partial charge in [-0.3, -0.25) is 4.90 Å². The number of rotatable bonds is 5. The maximum atomic E-state index is 6.19. The van der Waals surface area contributed by atoms with Crippen LogP contribution in [0.3, 0.4) is 0 Å². The van der Waals surface area contributed by atoms with Gasteiger partial charge in [-0.1, -0.05) is 20.8 Å². The minimum Gasteiger partial charge on any atom is -0.329 e. The van der Waals surface area contributed by atoms with Crippen LogP contribution in [-0.2, 0) is 0 Å². The predicted octanol–water partition coefficient (Wildman–Crippen LogP) is 2.97. The monoisotopic (exact) mass is 258 g/mol. The zero-order chi connectivity index (χ0) is 13.1. The summed E-state index contributed by atoms with van der Waals surface area (Å²) >= 11 is 2.10. The molecular formula is C14H30N2S. The summed E-state index contributed by atoms with van der Waals surface area (Å²) < 4.78 is 0. The minimum atomic E-state index is 0.224. The molecule has 2 unspecified atom stereocenters. The zero-order valence-corrected chi connectivity index (χ0v) is 13.0. The molecule has 2 nitrogen and oxygen atoms in total. The van der Waals surface area contributed by atoms with Crippen LogP contribution in [0.1, 0.15) is 47.5 Å². The van der Waals surface area contributed by atoms with Crippen LogP contribution in [0.2, 0.25) is 0 Å². The lowest BCUT2D eigenvalue weighted by molar-refractivity contribution is 0.0401. The summed E-state index contributed by atoms with van der Waals surface area (Å²) in [5, 5.41) is 0.655. The highest BCUT2D eigenvalue weighted by molar-refractivity contribution is 8.00. The van der Waals surface area contributed by atoms with Crippen molar-refractivity contribution in [1.29, 1.82) is 0 Å². The molecule has 0 radical (unpaired) electrons. The lowest BCUT2D eigenvalue weighted by Gasteiger charge is -2.52. The first-order valence-corrected chi connectivity index (χ1v) is 8.07. The molecule has 1 heterocycles. The van der Waals surface area contributed by atoms with Gasteiger partial charge in [0, 0.05) is 29.9 Å². The van der Waals surface area contributed by atoms with Gasteiger partial charge in [0.05, 0.1) is 0 Å². The fourth-order valence-electron chi connectivity index (χ4n) is 3.06. The van der Waals surface area contributed by atoms with Gasteiger partial charge in [0.2, 0.25) is 0 Å². The van der Waals surface area contributed by atoms with Crippen molar-refractivity contribution in [3.8, 4) is 0 Å². The predicted molar refractivity (Wildman–Crippen MR) is 79.6 cm³/mol. The molecule has 102 valence electrons. The number of hydrogen-bond donors (Lipinski definition) is 1. The van der Waals surface area contributed by atoms with E-state index in [9.17, 15) is 0 Å². The third kappa shape index (κ3) is 3.39. The summed E-state index contributed by atoms with van der Waals surface area (Å²) in [5.74, 6) is 2.01. The molecule has 2 N–H and O–H groups in total. The Kier molecular flexibility index (Phi) is 5.81. The molecule has 1 aliphatic heterocycles. The summed E-state index contributed by atoms with van der Waals surface area (Å²) in [6, 6.07) is 0.585. The minimum absolute atomic E-state index is 0.224. The number of thioether (sulfide) groups is 1. The largest absolute Gasteiger partial charge is 0.329 e. The first kappa shape index (κ1) is 15.3. The van der Waals surface area contributed by atoms with Crippen LogP contribution in [0.25, 0.3) is 0 Å². The van der Waals surface area contributed by atoms with E-state index >= 15 is 0 Å². The zero-order valence-electron chi connectivity index (χ0n) is 12.2. The third-order valence-corrected chi connectivity index (χ3v) is 5.45. The highest BCUT2D eigenvalue weighted by Gasteiger charge is 2.43. The second kappa shape index (κ2) is 6.44. The van der Waals surface area contributed by atoms with E-state index in [0.29, 0.717) is 17.2 Å². The van der Waals surface area contributed by atoms with E-state index in [1.165, 1.54) is 25.1 Å². The van der Waals surface area contributed by atoms with E-state index in [1.807, 2.05) is 0 Å². The van der Waals surface area contributed by atoms with Gasteiger partial charge in [-0.2, -0.15) is 11.8 Å². The quantitative estimate of drug-likeness (QED) is 0.822. The average Bonchev–Trinajstić information content (AvgIpc) is 2.27. The summed E-state index contributed by atoms with van der Waals surface area (Å²) in [4.78, 5) is 2.68. The Hall–Kier alpha value is 0.270. The maximum absolute atomic E-state index is 6.19. The van der Waals surface area contributed by atoms with Gasteiger partial charge in [-0.05, 0) is 38.4 Å². The first-order chi connectivity index (χ1) is 7.94. The second-order valence-electron chi connectivity index (χ2n) is 6.06. The van der Waals surface area contributed by atoms with Crippen molar-refractivity contribution >= 4 is 11.8 Å². The maximum Gasteiger partial charge on any atom is 0.0450 e. The van der Waals surface area contributed by atoms with Crippen LogP contribution >= 0.6 is 11.8 Å². The number of nitrogens with zero attached hydrogens (tertiary/aromatic N) is 1. The highest BCUT2D eigenvalue weighted by atomic mass is 32.2. The Morgan fingerprint density at radius 3 is 2.41 bits per heavy atom. The van der Waals surface area contributed by atoms with Crippen molar-refractivity contribution in [2.45, 2.75) is 64.3 Å². The van der Waals surface area contributed by atoms with E-state index in [-0.39, 0.29) is 5.54 Å². The van der Waals surface area contributed by atoms with Gasteiger partial charge in [0.15, 0.2) is 0 Å². The van der Waals surface area contributed by atoms with Crippen molar-refractivity contribution in [3.05, 3.63) is 0 Å². The van der Waals surface area contributed by atoms with E-state index in [2.05, 4.69) is 51.3 Å². The van der Waals surface area contributed by atoms with Crippen molar-refractivity contribution in [1.82, 2.24) is 4.90 Å². The Labute approximate surface area is 112 Å². The molecule has 2 atom stereocenters.